The Kier molecular flexibility index (Phi) is 5.58. The first-order valence-corrected chi connectivity index (χ1v) is 5.89. The lowest BCUT2D eigenvalue weighted by Gasteiger charge is -2.18. The number of nitrogens with two attached hydrogens (primary N) is 1. The Labute approximate surface area is 108 Å². The van der Waals surface area contributed by atoms with E-state index in [0.29, 0.717) is 23.8 Å². The molecule has 0 spiro atoms. The van der Waals surface area contributed by atoms with Gasteiger partial charge in [0.25, 0.3) is 0 Å². The highest BCUT2D eigenvalue weighted by molar-refractivity contribution is 5.72. The van der Waals surface area contributed by atoms with E-state index in [0.717, 1.165) is 12.1 Å². The fourth-order valence-corrected chi connectivity index (χ4v) is 1.65. The second kappa shape index (κ2) is 6.96. The van der Waals surface area contributed by atoms with E-state index in [9.17, 15) is 0 Å². The highest BCUT2D eigenvalue weighted by Crippen LogP contribution is 2.35. The van der Waals surface area contributed by atoms with E-state index in [-0.39, 0.29) is 6.04 Å². The lowest BCUT2D eigenvalue weighted by Crippen LogP contribution is -2.18. The quantitative estimate of drug-likeness (QED) is 0.730. The van der Waals surface area contributed by atoms with Crippen molar-refractivity contribution < 1.29 is 14.2 Å². The molecule has 0 heterocycles. The number of methoxy groups -OCH3 is 3. The Morgan fingerprint density at radius 1 is 1.17 bits per heavy atom. The fourth-order valence-electron chi connectivity index (χ4n) is 1.65. The molecule has 3 N–H and O–H groups in total. The van der Waals surface area contributed by atoms with Gasteiger partial charge >= 0.3 is 0 Å². The fraction of sp³-hybridized carbons (Fsp3) is 0.538. The molecular formula is C13H22N2O3. The maximum Gasteiger partial charge on any atom is 0.162 e. The average Bonchev–Trinajstić information content (AvgIpc) is 2.38. The van der Waals surface area contributed by atoms with E-state index in [1.807, 2.05) is 6.07 Å². The van der Waals surface area contributed by atoms with Crippen LogP contribution in [0.4, 0.5) is 11.4 Å². The first-order chi connectivity index (χ1) is 8.62. The number of ether oxygens (including phenoxy) is 3. The van der Waals surface area contributed by atoms with Crippen LogP contribution in [0.1, 0.15) is 13.3 Å². The average molecular weight is 254 g/mol. The summed E-state index contributed by atoms with van der Waals surface area (Å²) in [6.07, 6.45) is 0.907. The van der Waals surface area contributed by atoms with Gasteiger partial charge in [-0.25, -0.2) is 0 Å². The Morgan fingerprint density at radius 2 is 1.78 bits per heavy atom. The second-order valence-corrected chi connectivity index (χ2v) is 4.12. The number of nitrogens with one attached hydrogen (secondary N) is 1. The van der Waals surface area contributed by atoms with Crippen LogP contribution in [-0.2, 0) is 4.74 Å². The number of anilines is 2. The molecule has 0 aliphatic carbocycles. The Morgan fingerprint density at radius 3 is 2.33 bits per heavy atom. The van der Waals surface area contributed by atoms with Crippen LogP contribution in [0.25, 0.3) is 0 Å². The highest BCUT2D eigenvalue weighted by Gasteiger charge is 2.11. The molecule has 0 amide bonds. The van der Waals surface area contributed by atoms with Crippen LogP contribution in [0.3, 0.4) is 0 Å². The molecule has 1 unspecified atom stereocenters. The SMILES string of the molecule is COCCC(C)Nc1cc(OC)c(OC)cc1N. The Bertz CT molecular complexity index is 383. The van der Waals surface area contributed by atoms with Gasteiger partial charge in [0.1, 0.15) is 0 Å². The molecule has 0 bridgehead atoms. The third-order valence-corrected chi connectivity index (χ3v) is 2.71. The third-order valence-electron chi connectivity index (χ3n) is 2.71. The van der Waals surface area contributed by atoms with Crippen LogP contribution in [0.2, 0.25) is 0 Å². The first-order valence-electron chi connectivity index (χ1n) is 5.89. The molecule has 5 heteroatoms. The molecule has 0 saturated heterocycles. The first kappa shape index (κ1) is 14.4. The molecule has 0 aliphatic heterocycles. The largest absolute Gasteiger partial charge is 0.493 e. The predicted molar refractivity (Wildman–Crippen MR) is 73.5 cm³/mol. The normalized spacial score (nSPS) is 12.0. The molecule has 0 aliphatic rings. The minimum Gasteiger partial charge on any atom is -0.493 e. The van der Waals surface area contributed by atoms with Crippen molar-refractivity contribution in [1.82, 2.24) is 0 Å². The summed E-state index contributed by atoms with van der Waals surface area (Å²) in [5.41, 5.74) is 7.45. The van der Waals surface area contributed by atoms with Crippen molar-refractivity contribution in [3.8, 4) is 11.5 Å². The Balaban J connectivity index is 2.82. The van der Waals surface area contributed by atoms with Gasteiger partial charge in [0.05, 0.1) is 25.6 Å². The summed E-state index contributed by atoms with van der Waals surface area (Å²) in [7, 11) is 4.88. The third kappa shape index (κ3) is 3.70. The lowest BCUT2D eigenvalue weighted by atomic mass is 10.2. The van der Waals surface area contributed by atoms with E-state index in [2.05, 4.69) is 12.2 Å². The van der Waals surface area contributed by atoms with Crippen LogP contribution in [0.15, 0.2) is 12.1 Å². The molecule has 102 valence electrons. The molecule has 0 saturated carbocycles. The number of nitrogen functional groups attached to an aromatic ring is 1. The summed E-state index contributed by atoms with van der Waals surface area (Å²) < 4.78 is 15.5. The zero-order chi connectivity index (χ0) is 13.5. The van der Waals surface area contributed by atoms with Crippen molar-refractivity contribution in [3.05, 3.63) is 12.1 Å². The van der Waals surface area contributed by atoms with Crippen LogP contribution in [0, 0.1) is 0 Å². The van der Waals surface area contributed by atoms with Crippen molar-refractivity contribution >= 4 is 11.4 Å². The van der Waals surface area contributed by atoms with Crippen molar-refractivity contribution in [3.63, 3.8) is 0 Å². The summed E-state index contributed by atoms with van der Waals surface area (Å²) in [6.45, 7) is 2.79. The van der Waals surface area contributed by atoms with Crippen molar-refractivity contribution in [2.24, 2.45) is 0 Å². The van der Waals surface area contributed by atoms with Gasteiger partial charge in [0, 0.05) is 31.9 Å². The number of benzene rings is 1. The zero-order valence-corrected chi connectivity index (χ0v) is 11.4. The second-order valence-electron chi connectivity index (χ2n) is 4.12. The lowest BCUT2D eigenvalue weighted by molar-refractivity contribution is 0.191. The number of hydrogen-bond donors (Lipinski definition) is 2. The van der Waals surface area contributed by atoms with Crippen LogP contribution < -0.4 is 20.5 Å². The van der Waals surface area contributed by atoms with Gasteiger partial charge in [-0.2, -0.15) is 0 Å². The van der Waals surface area contributed by atoms with Gasteiger partial charge in [0.15, 0.2) is 11.5 Å². The van der Waals surface area contributed by atoms with Crippen LogP contribution in [-0.4, -0.2) is 34.0 Å². The minimum absolute atomic E-state index is 0.269. The Hall–Kier alpha value is -1.62. The standard InChI is InChI=1S/C13H22N2O3/c1-9(5-6-16-2)15-11-8-13(18-4)12(17-3)7-10(11)14/h7-9,15H,5-6,14H2,1-4H3. The molecule has 1 aromatic carbocycles. The van der Waals surface area contributed by atoms with Crippen molar-refractivity contribution in [1.29, 1.82) is 0 Å². The number of hydrogen-bond acceptors (Lipinski definition) is 5. The van der Waals surface area contributed by atoms with Gasteiger partial charge < -0.3 is 25.3 Å². The van der Waals surface area contributed by atoms with Crippen LogP contribution in [0.5, 0.6) is 11.5 Å². The van der Waals surface area contributed by atoms with E-state index in [1.165, 1.54) is 0 Å². The van der Waals surface area contributed by atoms with Crippen molar-refractivity contribution in [2.45, 2.75) is 19.4 Å². The monoisotopic (exact) mass is 254 g/mol. The molecule has 18 heavy (non-hydrogen) atoms. The maximum atomic E-state index is 5.97. The van der Waals surface area contributed by atoms with Gasteiger partial charge in [-0.05, 0) is 13.3 Å². The van der Waals surface area contributed by atoms with Crippen LogP contribution >= 0.6 is 0 Å². The topological polar surface area (TPSA) is 65.7 Å². The van der Waals surface area contributed by atoms with E-state index >= 15 is 0 Å². The summed E-state index contributed by atoms with van der Waals surface area (Å²) >= 11 is 0. The van der Waals surface area contributed by atoms with E-state index in [1.54, 1.807) is 27.4 Å². The van der Waals surface area contributed by atoms with E-state index < -0.39 is 0 Å². The molecule has 0 fully saturated rings. The van der Waals surface area contributed by atoms with Gasteiger partial charge in [-0.3, -0.25) is 0 Å². The maximum absolute atomic E-state index is 5.97. The minimum atomic E-state index is 0.269. The summed E-state index contributed by atoms with van der Waals surface area (Å²) in [6, 6.07) is 3.87. The zero-order valence-electron chi connectivity index (χ0n) is 11.4. The smallest absolute Gasteiger partial charge is 0.162 e. The summed E-state index contributed by atoms with van der Waals surface area (Å²) in [4.78, 5) is 0. The van der Waals surface area contributed by atoms with Gasteiger partial charge in [0.2, 0.25) is 0 Å². The summed E-state index contributed by atoms with van der Waals surface area (Å²) in [5, 5.41) is 3.33. The predicted octanol–water partition coefficient (Wildman–Crippen LogP) is 2.12. The molecule has 0 aromatic heterocycles. The number of rotatable bonds is 7. The molecule has 1 atom stereocenters. The molecule has 1 aromatic rings. The van der Waals surface area contributed by atoms with Crippen molar-refractivity contribution in [2.75, 3.05) is 39.0 Å². The molecule has 1 rings (SSSR count). The van der Waals surface area contributed by atoms with Gasteiger partial charge in [-0.1, -0.05) is 0 Å². The van der Waals surface area contributed by atoms with E-state index in [4.69, 9.17) is 19.9 Å². The highest BCUT2D eigenvalue weighted by atomic mass is 16.5. The van der Waals surface area contributed by atoms with Gasteiger partial charge in [-0.15, -0.1) is 0 Å². The molecule has 5 nitrogen and oxygen atoms in total. The molecular weight excluding hydrogens is 232 g/mol. The summed E-state index contributed by atoms with van der Waals surface area (Å²) in [5.74, 6) is 1.29. The molecule has 0 radical (unpaired) electrons.